The molecule has 2 amide bonds. The van der Waals surface area contributed by atoms with Crippen LogP contribution in [0, 0.1) is 5.82 Å². The van der Waals surface area contributed by atoms with Gasteiger partial charge in [0.15, 0.2) is 6.61 Å². The van der Waals surface area contributed by atoms with Gasteiger partial charge < -0.3 is 20.1 Å². The Hall–Kier alpha value is -5.23. The van der Waals surface area contributed by atoms with E-state index in [4.69, 9.17) is 9.47 Å². The fourth-order valence-electron chi connectivity index (χ4n) is 3.58. The average Bonchev–Trinajstić information content (AvgIpc) is 2.97. The van der Waals surface area contributed by atoms with Gasteiger partial charge in [-0.3, -0.25) is 14.3 Å². The molecular formula is C29H24FN3O7S. The lowest BCUT2D eigenvalue weighted by Crippen LogP contribution is -2.21. The molecule has 10 nitrogen and oxygen atoms in total. The van der Waals surface area contributed by atoms with Crippen LogP contribution in [0.25, 0.3) is 0 Å². The predicted octanol–water partition coefficient (Wildman–Crippen LogP) is 4.68. The van der Waals surface area contributed by atoms with Gasteiger partial charge in [0.05, 0.1) is 23.3 Å². The van der Waals surface area contributed by atoms with E-state index in [2.05, 4.69) is 15.4 Å². The Morgan fingerprint density at radius 1 is 0.780 bits per heavy atom. The molecule has 4 aromatic carbocycles. The number of halogens is 1. The molecule has 0 aliphatic rings. The molecule has 4 rings (SSSR count). The van der Waals surface area contributed by atoms with Crippen LogP contribution in [0.2, 0.25) is 0 Å². The van der Waals surface area contributed by atoms with Crippen molar-refractivity contribution < 1.29 is 36.7 Å². The van der Waals surface area contributed by atoms with E-state index in [9.17, 15) is 27.2 Å². The summed E-state index contributed by atoms with van der Waals surface area (Å²) < 4.78 is 51.0. The zero-order chi connectivity index (χ0) is 29.4. The number of hydrogen-bond donors (Lipinski definition) is 3. The molecule has 4 aromatic rings. The fourth-order valence-corrected chi connectivity index (χ4v) is 4.69. The number of rotatable bonds is 10. The van der Waals surface area contributed by atoms with Crippen molar-refractivity contribution in [1.82, 2.24) is 0 Å². The van der Waals surface area contributed by atoms with E-state index in [0.29, 0.717) is 22.7 Å². The second-order valence-electron chi connectivity index (χ2n) is 8.50. The van der Waals surface area contributed by atoms with Crippen LogP contribution < -0.4 is 20.1 Å². The van der Waals surface area contributed by atoms with Crippen LogP contribution in [-0.4, -0.2) is 39.9 Å². The van der Waals surface area contributed by atoms with E-state index in [1.165, 1.54) is 61.7 Å². The molecule has 41 heavy (non-hydrogen) atoms. The minimum Gasteiger partial charge on any atom is -0.495 e. The number of ether oxygens (including phenoxy) is 2. The van der Waals surface area contributed by atoms with Crippen LogP contribution >= 0.6 is 0 Å². The lowest BCUT2D eigenvalue weighted by atomic mass is 10.2. The lowest BCUT2D eigenvalue weighted by Gasteiger charge is -2.11. The third-order valence-corrected chi connectivity index (χ3v) is 6.98. The van der Waals surface area contributed by atoms with Gasteiger partial charge in [0.2, 0.25) is 0 Å². The lowest BCUT2D eigenvalue weighted by molar-refractivity contribution is -0.119. The Kier molecular flexibility index (Phi) is 8.95. The molecule has 0 aromatic heterocycles. The number of anilines is 3. The molecule has 0 heterocycles. The average molecular weight is 578 g/mol. The van der Waals surface area contributed by atoms with Gasteiger partial charge in [0.25, 0.3) is 21.8 Å². The first-order valence-corrected chi connectivity index (χ1v) is 13.5. The Morgan fingerprint density at radius 2 is 1.46 bits per heavy atom. The maximum atomic E-state index is 13.1. The topological polar surface area (TPSA) is 140 Å². The van der Waals surface area contributed by atoms with Gasteiger partial charge >= 0.3 is 5.97 Å². The van der Waals surface area contributed by atoms with Crippen LogP contribution in [0.15, 0.2) is 102 Å². The van der Waals surface area contributed by atoms with Crippen LogP contribution in [0.1, 0.15) is 20.7 Å². The Bertz CT molecular complexity index is 1680. The van der Waals surface area contributed by atoms with Gasteiger partial charge in [0, 0.05) is 16.9 Å². The zero-order valence-corrected chi connectivity index (χ0v) is 22.4. The predicted molar refractivity (Wildman–Crippen MR) is 150 cm³/mol. The number of esters is 1. The van der Waals surface area contributed by atoms with Crippen LogP contribution in [-0.2, 0) is 19.6 Å². The van der Waals surface area contributed by atoms with E-state index < -0.39 is 34.3 Å². The molecule has 0 saturated carbocycles. The number of benzene rings is 4. The number of methoxy groups -OCH3 is 1. The molecule has 0 atom stereocenters. The van der Waals surface area contributed by atoms with E-state index in [1.807, 2.05) is 0 Å². The Labute approximate surface area is 235 Å². The number of hydrogen-bond acceptors (Lipinski definition) is 7. The normalized spacial score (nSPS) is 10.8. The summed E-state index contributed by atoms with van der Waals surface area (Å²) in [6.45, 7) is -0.639. The highest BCUT2D eigenvalue weighted by molar-refractivity contribution is 7.92. The molecule has 0 spiro atoms. The number of sulfonamides is 1. The second kappa shape index (κ2) is 12.7. The SMILES string of the molecule is COc1ccccc1NC(=O)c1ccc(NC(=O)COC(=O)c2cccc(S(=O)(=O)Nc3ccc(F)cc3)c2)cc1. The first kappa shape index (κ1) is 28.8. The summed E-state index contributed by atoms with van der Waals surface area (Å²) in [5.74, 6) is -1.95. The van der Waals surface area contributed by atoms with E-state index in [0.717, 1.165) is 18.2 Å². The highest BCUT2D eigenvalue weighted by Crippen LogP contribution is 2.24. The first-order chi connectivity index (χ1) is 19.6. The molecule has 210 valence electrons. The summed E-state index contributed by atoms with van der Waals surface area (Å²) in [5.41, 5.74) is 1.25. The maximum Gasteiger partial charge on any atom is 0.338 e. The molecule has 0 bridgehead atoms. The van der Waals surface area contributed by atoms with Gasteiger partial charge in [-0.15, -0.1) is 0 Å². The van der Waals surface area contributed by atoms with Crippen molar-refractivity contribution in [1.29, 1.82) is 0 Å². The summed E-state index contributed by atoms with van der Waals surface area (Å²) in [5, 5.41) is 5.30. The van der Waals surface area contributed by atoms with Gasteiger partial charge in [0.1, 0.15) is 11.6 Å². The Morgan fingerprint density at radius 3 is 2.17 bits per heavy atom. The van der Waals surface area contributed by atoms with Crippen molar-refractivity contribution in [3.8, 4) is 5.75 Å². The van der Waals surface area contributed by atoms with Crippen molar-refractivity contribution in [3.63, 3.8) is 0 Å². The number of nitrogens with one attached hydrogen (secondary N) is 3. The largest absolute Gasteiger partial charge is 0.495 e. The molecule has 0 radical (unpaired) electrons. The Balaban J connectivity index is 1.31. The standard InChI is InChI=1S/C29H24FN3O7S/c1-39-26-8-3-2-7-25(26)32-28(35)19-9-13-22(14-10-19)31-27(34)18-40-29(36)20-5-4-6-24(17-20)41(37,38)33-23-15-11-21(30)12-16-23/h2-17,33H,18H2,1H3,(H,31,34)(H,32,35). The van der Waals surface area contributed by atoms with Crippen LogP contribution in [0.5, 0.6) is 5.75 Å². The van der Waals surface area contributed by atoms with Gasteiger partial charge in [-0.05, 0) is 78.9 Å². The molecule has 3 N–H and O–H groups in total. The second-order valence-corrected chi connectivity index (χ2v) is 10.2. The van der Waals surface area contributed by atoms with Crippen molar-refractivity contribution in [3.05, 3.63) is 114 Å². The minimum atomic E-state index is -4.08. The van der Waals surface area contributed by atoms with Gasteiger partial charge in [-0.25, -0.2) is 17.6 Å². The molecule has 0 unspecified atom stereocenters. The van der Waals surface area contributed by atoms with Gasteiger partial charge in [-0.1, -0.05) is 18.2 Å². The molecular weight excluding hydrogens is 553 g/mol. The smallest absolute Gasteiger partial charge is 0.338 e. The van der Waals surface area contributed by atoms with E-state index in [-0.39, 0.29) is 22.1 Å². The molecule has 0 fully saturated rings. The maximum absolute atomic E-state index is 13.1. The number of carbonyl (C=O) groups is 3. The summed E-state index contributed by atoms with van der Waals surface area (Å²) in [6, 6.07) is 22.8. The fraction of sp³-hybridized carbons (Fsp3) is 0.0690. The van der Waals surface area contributed by atoms with Crippen molar-refractivity contribution >= 4 is 44.9 Å². The monoisotopic (exact) mass is 577 g/mol. The van der Waals surface area contributed by atoms with Crippen molar-refractivity contribution in [2.75, 3.05) is 29.1 Å². The summed E-state index contributed by atoms with van der Waals surface area (Å²) in [6.07, 6.45) is 0. The zero-order valence-electron chi connectivity index (χ0n) is 21.6. The van der Waals surface area contributed by atoms with Crippen LogP contribution in [0.3, 0.4) is 0 Å². The quantitative estimate of drug-likeness (QED) is 0.233. The number of amides is 2. The highest BCUT2D eigenvalue weighted by atomic mass is 32.2. The molecule has 0 aliphatic carbocycles. The third kappa shape index (κ3) is 7.67. The van der Waals surface area contributed by atoms with Crippen molar-refractivity contribution in [2.45, 2.75) is 4.90 Å². The number of para-hydroxylation sites is 2. The first-order valence-electron chi connectivity index (χ1n) is 12.0. The number of carbonyl (C=O) groups excluding carboxylic acids is 3. The minimum absolute atomic E-state index is 0.0924. The molecule has 0 saturated heterocycles. The highest BCUT2D eigenvalue weighted by Gasteiger charge is 2.18. The summed E-state index contributed by atoms with van der Waals surface area (Å²) in [7, 11) is -2.58. The van der Waals surface area contributed by atoms with Crippen LogP contribution in [0.4, 0.5) is 21.5 Å². The summed E-state index contributed by atoms with van der Waals surface area (Å²) >= 11 is 0. The van der Waals surface area contributed by atoms with Crippen molar-refractivity contribution in [2.24, 2.45) is 0 Å². The summed E-state index contributed by atoms with van der Waals surface area (Å²) in [4.78, 5) is 37.1. The van der Waals surface area contributed by atoms with Gasteiger partial charge in [-0.2, -0.15) is 0 Å². The third-order valence-electron chi connectivity index (χ3n) is 5.60. The van der Waals surface area contributed by atoms with E-state index >= 15 is 0 Å². The van der Waals surface area contributed by atoms with E-state index in [1.54, 1.807) is 24.3 Å². The molecule has 12 heteroatoms. The molecule has 0 aliphatic heterocycles.